The Morgan fingerprint density at radius 3 is 2.20 bits per heavy atom. The highest BCUT2D eigenvalue weighted by molar-refractivity contribution is 5.06. The number of nitrogens with two attached hydrogens (primary N) is 1. The van der Waals surface area contributed by atoms with Gasteiger partial charge < -0.3 is 5.73 Å². The molecule has 0 heterocycles. The summed E-state index contributed by atoms with van der Waals surface area (Å²) in [6.07, 6.45) is 9.33. The van der Waals surface area contributed by atoms with Crippen molar-refractivity contribution >= 4 is 0 Å². The third-order valence-corrected chi connectivity index (χ3v) is 3.10. The Morgan fingerprint density at radius 1 is 1.13 bits per heavy atom. The smallest absolute Gasteiger partial charge is 0.0109 e. The van der Waals surface area contributed by atoms with E-state index in [0.29, 0.717) is 6.54 Å². The lowest BCUT2D eigenvalue weighted by Crippen LogP contribution is -1.98. The maximum absolute atomic E-state index is 5.46. The molecular weight excluding hydrogens is 182 g/mol. The first-order valence-corrected chi connectivity index (χ1v) is 6.18. The first-order valence-electron chi connectivity index (χ1n) is 6.18. The van der Waals surface area contributed by atoms with E-state index in [9.17, 15) is 0 Å². The molecular formula is C14H27N. The van der Waals surface area contributed by atoms with Gasteiger partial charge in [0.1, 0.15) is 0 Å². The molecule has 1 heteroatoms. The van der Waals surface area contributed by atoms with E-state index in [0.717, 1.165) is 18.8 Å². The molecule has 0 aromatic rings. The van der Waals surface area contributed by atoms with Crippen molar-refractivity contribution in [2.24, 2.45) is 11.7 Å². The van der Waals surface area contributed by atoms with Crippen molar-refractivity contribution in [3.63, 3.8) is 0 Å². The van der Waals surface area contributed by atoms with Gasteiger partial charge in [0.25, 0.3) is 0 Å². The molecule has 0 amide bonds. The molecule has 0 radical (unpaired) electrons. The van der Waals surface area contributed by atoms with E-state index < -0.39 is 0 Å². The Kier molecular flexibility index (Phi) is 8.40. The van der Waals surface area contributed by atoms with E-state index >= 15 is 0 Å². The van der Waals surface area contributed by atoms with E-state index in [-0.39, 0.29) is 0 Å². The molecule has 1 nitrogen and oxygen atoms in total. The molecule has 15 heavy (non-hydrogen) atoms. The van der Waals surface area contributed by atoms with Crippen molar-refractivity contribution in [1.29, 1.82) is 0 Å². The van der Waals surface area contributed by atoms with Crippen LogP contribution in [0, 0.1) is 5.92 Å². The lowest BCUT2D eigenvalue weighted by molar-refractivity contribution is 0.569. The van der Waals surface area contributed by atoms with Crippen LogP contribution < -0.4 is 5.73 Å². The Hall–Kier alpha value is -0.560. The second kappa shape index (κ2) is 8.72. The Bertz CT molecular complexity index is 209. The second-order valence-corrected chi connectivity index (χ2v) is 4.29. The highest BCUT2D eigenvalue weighted by atomic mass is 14.5. The average Bonchev–Trinajstić information content (AvgIpc) is 2.20. The van der Waals surface area contributed by atoms with Crippen LogP contribution in [0.25, 0.3) is 0 Å². The molecule has 0 unspecified atom stereocenters. The summed E-state index contributed by atoms with van der Waals surface area (Å²) < 4.78 is 0. The molecule has 0 atom stereocenters. The molecule has 88 valence electrons. The van der Waals surface area contributed by atoms with Crippen molar-refractivity contribution in [3.8, 4) is 0 Å². The molecule has 0 rings (SSSR count). The van der Waals surface area contributed by atoms with E-state index in [1.54, 1.807) is 5.57 Å². The largest absolute Gasteiger partial charge is 0.327 e. The van der Waals surface area contributed by atoms with Gasteiger partial charge in [-0.3, -0.25) is 0 Å². The fourth-order valence-electron chi connectivity index (χ4n) is 1.93. The molecule has 0 bridgehead atoms. The predicted octanol–water partition coefficient (Wildman–Crippen LogP) is 4.05. The highest BCUT2D eigenvalue weighted by Gasteiger charge is 2.04. The van der Waals surface area contributed by atoms with Gasteiger partial charge in [0, 0.05) is 6.54 Å². The monoisotopic (exact) mass is 209 g/mol. The Morgan fingerprint density at radius 2 is 1.73 bits per heavy atom. The van der Waals surface area contributed by atoms with Crippen LogP contribution in [-0.2, 0) is 0 Å². The zero-order chi connectivity index (χ0) is 11.7. The number of rotatable bonds is 7. The lowest BCUT2D eigenvalue weighted by Gasteiger charge is -2.12. The SMILES string of the molecule is CCC(CC)C(C)=CCCC(C)=CCN. The molecule has 0 fully saturated rings. The van der Waals surface area contributed by atoms with E-state index in [4.69, 9.17) is 5.73 Å². The minimum atomic E-state index is 0.668. The summed E-state index contributed by atoms with van der Waals surface area (Å²) in [6.45, 7) is 9.63. The number of allylic oxidation sites excluding steroid dienone is 3. The maximum Gasteiger partial charge on any atom is 0.0109 e. The van der Waals surface area contributed by atoms with Gasteiger partial charge in [-0.1, -0.05) is 37.1 Å². The zero-order valence-electron chi connectivity index (χ0n) is 10.8. The predicted molar refractivity (Wildman–Crippen MR) is 69.9 cm³/mol. The molecule has 0 aliphatic carbocycles. The zero-order valence-corrected chi connectivity index (χ0v) is 10.8. The summed E-state index contributed by atoms with van der Waals surface area (Å²) in [5.74, 6) is 0.781. The van der Waals surface area contributed by atoms with Gasteiger partial charge in [-0.25, -0.2) is 0 Å². The number of hydrogen-bond acceptors (Lipinski definition) is 1. The molecule has 0 saturated carbocycles. The van der Waals surface area contributed by atoms with Gasteiger partial charge in [-0.2, -0.15) is 0 Å². The van der Waals surface area contributed by atoms with Crippen molar-refractivity contribution in [1.82, 2.24) is 0 Å². The molecule has 0 spiro atoms. The standard InChI is InChI=1S/C14H27N/c1-5-14(6-2)13(4)9-7-8-12(3)10-11-15/h9-10,14H,5-8,11,15H2,1-4H3. The first-order chi connectivity index (χ1) is 7.15. The van der Waals surface area contributed by atoms with Gasteiger partial charge in [0.05, 0.1) is 0 Å². The van der Waals surface area contributed by atoms with Crippen LogP contribution in [0.5, 0.6) is 0 Å². The summed E-state index contributed by atoms with van der Waals surface area (Å²) in [6, 6.07) is 0. The van der Waals surface area contributed by atoms with Crippen LogP contribution in [0.3, 0.4) is 0 Å². The van der Waals surface area contributed by atoms with Gasteiger partial charge in [0.15, 0.2) is 0 Å². The van der Waals surface area contributed by atoms with E-state index in [2.05, 4.69) is 39.8 Å². The van der Waals surface area contributed by atoms with Gasteiger partial charge in [-0.15, -0.1) is 0 Å². The molecule has 0 saturated heterocycles. The van der Waals surface area contributed by atoms with Crippen LogP contribution in [-0.4, -0.2) is 6.54 Å². The third kappa shape index (κ3) is 6.51. The van der Waals surface area contributed by atoms with Crippen LogP contribution >= 0.6 is 0 Å². The van der Waals surface area contributed by atoms with Crippen LogP contribution in [0.1, 0.15) is 53.4 Å². The second-order valence-electron chi connectivity index (χ2n) is 4.29. The summed E-state index contributed by atoms with van der Waals surface area (Å²) in [4.78, 5) is 0. The van der Waals surface area contributed by atoms with Crippen molar-refractivity contribution < 1.29 is 0 Å². The fraction of sp³-hybridized carbons (Fsp3) is 0.714. The summed E-state index contributed by atoms with van der Waals surface area (Å²) in [5.41, 5.74) is 8.42. The first kappa shape index (κ1) is 14.4. The molecule has 0 aliphatic rings. The van der Waals surface area contributed by atoms with Crippen LogP contribution in [0.15, 0.2) is 23.3 Å². The normalized spacial score (nSPS) is 13.7. The van der Waals surface area contributed by atoms with Crippen LogP contribution in [0.2, 0.25) is 0 Å². The quantitative estimate of drug-likeness (QED) is 0.629. The third-order valence-electron chi connectivity index (χ3n) is 3.10. The fourth-order valence-corrected chi connectivity index (χ4v) is 1.93. The van der Waals surface area contributed by atoms with Crippen LogP contribution in [0.4, 0.5) is 0 Å². The summed E-state index contributed by atoms with van der Waals surface area (Å²) in [5, 5.41) is 0. The Balaban J connectivity index is 4.00. The molecule has 0 aromatic heterocycles. The van der Waals surface area contributed by atoms with Gasteiger partial charge >= 0.3 is 0 Å². The minimum Gasteiger partial charge on any atom is -0.327 e. The minimum absolute atomic E-state index is 0.668. The van der Waals surface area contributed by atoms with Crippen molar-refractivity contribution in [3.05, 3.63) is 23.3 Å². The molecule has 2 N–H and O–H groups in total. The van der Waals surface area contributed by atoms with E-state index in [1.165, 1.54) is 18.4 Å². The average molecular weight is 209 g/mol. The Labute approximate surface area is 95.4 Å². The topological polar surface area (TPSA) is 26.0 Å². The lowest BCUT2D eigenvalue weighted by atomic mass is 9.93. The maximum atomic E-state index is 5.46. The van der Waals surface area contributed by atoms with Crippen molar-refractivity contribution in [2.75, 3.05) is 6.54 Å². The summed E-state index contributed by atoms with van der Waals surface area (Å²) in [7, 11) is 0. The molecule has 0 aromatic carbocycles. The highest BCUT2D eigenvalue weighted by Crippen LogP contribution is 2.19. The molecule has 0 aliphatic heterocycles. The number of hydrogen-bond donors (Lipinski definition) is 1. The van der Waals surface area contributed by atoms with Crippen molar-refractivity contribution in [2.45, 2.75) is 53.4 Å². The van der Waals surface area contributed by atoms with E-state index in [1.807, 2.05) is 0 Å². The van der Waals surface area contributed by atoms with Gasteiger partial charge in [-0.05, 0) is 45.4 Å². The summed E-state index contributed by atoms with van der Waals surface area (Å²) >= 11 is 0. The van der Waals surface area contributed by atoms with Gasteiger partial charge in [0.2, 0.25) is 0 Å².